The van der Waals surface area contributed by atoms with Crippen LogP contribution in [0.5, 0.6) is 0 Å². The zero-order valence-electron chi connectivity index (χ0n) is 19.6. The van der Waals surface area contributed by atoms with Crippen LogP contribution in [0.4, 0.5) is 36.3 Å². The zero-order valence-corrected chi connectivity index (χ0v) is 19.6. The fourth-order valence-corrected chi connectivity index (χ4v) is 3.52. The van der Waals surface area contributed by atoms with Crippen molar-refractivity contribution < 1.29 is 18.0 Å². The molecule has 4 aromatic rings. The first kappa shape index (κ1) is 24.9. The summed E-state index contributed by atoms with van der Waals surface area (Å²) in [5.41, 5.74) is 7.05. The topological polar surface area (TPSA) is 123 Å². The summed E-state index contributed by atoms with van der Waals surface area (Å²) in [7, 11) is 1.76. The van der Waals surface area contributed by atoms with Crippen LogP contribution in [0.25, 0.3) is 11.0 Å². The molecule has 0 saturated carbocycles. The van der Waals surface area contributed by atoms with Gasteiger partial charge in [-0.2, -0.15) is 23.3 Å². The lowest BCUT2D eigenvalue weighted by Crippen LogP contribution is -2.13. The van der Waals surface area contributed by atoms with E-state index in [4.69, 9.17) is 5.73 Å². The van der Waals surface area contributed by atoms with Crippen molar-refractivity contribution in [3.63, 3.8) is 0 Å². The van der Waals surface area contributed by atoms with Gasteiger partial charge in [-0.05, 0) is 55.8 Å². The first-order chi connectivity index (χ1) is 17.2. The molecule has 9 nitrogen and oxygen atoms in total. The summed E-state index contributed by atoms with van der Waals surface area (Å²) in [4.78, 5) is 21.6. The standard InChI is InChI=1S/C24H25F3N8O/c1-14-7-8-15(22(36)31-17-6-3-5-16(12-17)24(25,26)27)11-19(14)32-20-18-13-30-23(29-10-4-9-28)33-21(18)35(2)34-20/h3,5-8,11-13H,4,9-10,28H2,1-2H3,(H,31,36)(H,32,34)(H,29,30,33). The number of aryl methyl sites for hydroxylation is 2. The van der Waals surface area contributed by atoms with Gasteiger partial charge >= 0.3 is 6.18 Å². The number of benzene rings is 2. The van der Waals surface area contributed by atoms with Gasteiger partial charge in [-0.25, -0.2) is 9.67 Å². The number of halogens is 3. The SMILES string of the molecule is Cc1ccc(C(=O)Nc2cccc(C(F)(F)F)c2)cc1Nc1nn(C)c2nc(NCCCN)ncc12. The van der Waals surface area contributed by atoms with Gasteiger partial charge in [0.1, 0.15) is 0 Å². The van der Waals surface area contributed by atoms with Crippen LogP contribution in [-0.2, 0) is 13.2 Å². The van der Waals surface area contributed by atoms with E-state index in [9.17, 15) is 18.0 Å². The van der Waals surface area contributed by atoms with Crippen molar-refractivity contribution in [2.45, 2.75) is 19.5 Å². The largest absolute Gasteiger partial charge is 0.416 e. The third-order valence-electron chi connectivity index (χ3n) is 5.44. The first-order valence-corrected chi connectivity index (χ1v) is 11.2. The maximum absolute atomic E-state index is 13.0. The number of nitrogens with one attached hydrogen (secondary N) is 3. The maximum atomic E-state index is 13.0. The monoisotopic (exact) mass is 498 g/mol. The molecule has 0 fully saturated rings. The van der Waals surface area contributed by atoms with E-state index in [2.05, 4.69) is 31.0 Å². The molecule has 1 amide bonds. The van der Waals surface area contributed by atoms with Crippen LogP contribution in [0.1, 0.15) is 27.9 Å². The minimum atomic E-state index is -4.50. The molecule has 0 saturated heterocycles. The number of fused-ring (bicyclic) bond motifs is 1. The van der Waals surface area contributed by atoms with Crippen LogP contribution in [0.15, 0.2) is 48.7 Å². The summed E-state index contributed by atoms with van der Waals surface area (Å²) in [6.45, 7) is 3.07. The van der Waals surface area contributed by atoms with Gasteiger partial charge in [-0.1, -0.05) is 12.1 Å². The molecular weight excluding hydrogens is 473 g/mol. The second-order valence-corrected chi connectivity index (χ2v) is 8.16. The lowest BCUT2D eigenvalue weighted by atomic mass is 10.1. The number of hydrogen-bond donors (Lipinski definition) is 4. The molecule has 0 aliphatic heterocycles. The number of rotatable bonds is 8. The van der Waals surface area contributed by atoms with E-state index in [1.54, 1.807) is 36.1 Å². The van der Waals surface area contributed by atoms with Gasteiger partial charge in [0, 0.05) is 36.7 Å². The van der Waals surface area contributed by atoms with Gasteiger partial charge in [0.25, 0.3) is 5.91 Å². The molecule has 2 aromatic carbocycles. The third-order valence-corrected chi connectivity index (χ3v) is 5.44. The Labute approximate surface area is 204 Å². The van der Waals surface area contributed by atoms with Crippen LogP contribution >= 0.6 is 0 Å². The van der Waals surface area contributed by atoms with Gasteiger partial charge in [-0.15, -0.1) is 0 Å². The van der Waals surface area contributed by atoms with Crippen molar-refractivity contribution in [3.05, 3.63) is 65.4 Å². The molecular formula is C24H25F3N8O. The number of anilines is 4. The van der Waals surface area contributed by atoms with Crippen molar-refractivity contribution in [1.29, 1.82) is 0 Å². The van der Waals surface area contributed by atoms with Crippen LogP contribution in [-0.4, -0.2) is 38.7 Å². The summed E-state index contributed by atoms with van der Waals surface area (Å²) in [6, 6.07) is 9.44. The smallest absolute Gasteiger partial charge is 0.354 e. The molecule has 0 aliphatic carbocycles. The summed E-state index contributed by atoms with van der Waals surface area (Å²) >= 11 is 0. The highest BCUT2D eigenvalue weighted by atomic mass is 19.4. The number of nitrogens with two attached hydrogens (primary N) is 1. The van der Waals surface area contributed by atoms with E-state index in [1.165, 1.54) is 12.1 Å². The Morgan fingerprint density at radius 2 is 1.97 bits per heavy atom. The number of hydrogen-bond acceptors (Lipinski definition) is 7. The van der Waals surface area contributed by atoms with E-state index >= 15 is 0 Å². The number of amides is 1. The van der Waals surface area contributed by atoms with E-state index < -0.39 is 17.6 Å². The molecule has 2 aromatic heterocycles. The Bertz CT molecular complexity index is 1400. The first-order valence-electron chi connectivity index (χ1n) is 11.2. The van der Waals surface area contributed by atoms with Crippen LogP contribution in [0, 0.1) is 6.92 Å². The number of nitrogens with zero attached hydrogens (tertiary/aromatic N) is 4. The average molecular weight is 499 g/mol. The molecule has 0 aliphatic rings. The van der Waals surface area contributed by atoms with E-state index in [0.717, 1.165) is 24.1 Å². The molecule has 0 spiro atoms. The Morgan fingerprint density at radius 1 is 1.17 bits per heavy atom. The molecule has 36 heavy (non-hydrogen) atoms. The highest BCUT2D eigenvalue weighted by Crippen LogP contribution is 2.31. The predicted octanol–water partition coefficient (Wildman–Crippen LogP) is 4.45. The summed E-state index contributed by atoms with van der Waals surface area (Å²) in [5.74, 6) is 0.425. The lowest BCUT2D eigenvalue weighted by Gasteiger charge is -2.12. The predicted molar refractivity (Wildman–Crippen MR) is 132 cm³/mol. The molecule has 0 atom stereocenters. The quantitative estimate of drug-likeness (QED) is 0.265. The normalized spacial score (nSPS) is 11.5. The molecule has 4 rings (SSSR count). The second kappa shape index (κ2) is 10.2. The van der Waals surface area contributed by atoms with Crippen molar-refractivity contribution in [2.24, 2.45) is 12.8 Å². The summed E-state index contributed by atoms with van der Waals surface area (Å²) in [5, 5.41) is 14.0. The van der Waals surface area contributed by atoms with Crippen LogP contribution in [0.2, 0.25) is 0 Å². The number of carbonyl (C=O) groups excluding carboxylic acids is 1. The minimum absolute atomic E-state index is 0.0497. The van der Waals surface area contributed by atoms with E-state index in [0.29, 0.717) is 41.6 Å². The van der Waals surface area contributed by atoms with Gasteiger partial charge in [0.15, 0.2) is 11.5 Å². The molecule has 0 radical (unpaired) electrons. The number of carbonyl (C=O) groups is 1. The second-order valence-electron chi connectivity index (χ2n) is 8.16. The third kappa shape index (κ3) is 5.54. The Hall–Kier alpha value is -4.19. The van der Waals surface area contributed by atoms with Crippen molar-refractivity contribution in [1.82, 2.24) is 19.7 Å². The van der Waals surface area contributed by atoms with Gasteiger partial charge in [0.2, 0.25) is 5.95 Å². The lowest BCUT2D eigenvalue weighted by molar-refractivity contribution is -0.137. The van der Waals surface area contributed by atoms with Crippen molar-refractivity contribution in [3.8, 4) is 0 Å². The van der Waals surface area contributed by atoms with Crippen molar-refractivity contribution in [2.75, 3.05) is 29.0 Å². The Balaban J connectivity index is 1.55. The highest BCUT2D eigenvalue weighted by molar-refractivity contribution is 6.05. The highest BCUT2D eigenvalue weighted by Gasteiger charge is 2.30. The Kier molecular flexibility index (Phi) is 7.06. The zero-order chi connectivity index (χ0) is 25.9. The summed E-state index contributed by atoms with van der Waals surface area (Å²) in [6.07, 6.45) is -2.06. The number of alkyl halides is 3. The van der Waals surface area contributed by atoms with E-state index in [-0.39, 0.29) is 11.3 Å². The van der Waals surface area contributed by atoms with Gasteiger partial charge < -0.3 is 21.7 Å². The fraction of sp³-hybridized carbons (Fsp3) is 0.250. The molecule has 2 heterocycles. The Morgan fingerprint density at radius 3 is 2.72 bits per heavy atom. The van der Waals surface area contributed by atoms with E-state index in [1.807, 2.05) is 6.92 Å². The van der Waals surface area contributed by atoms with Gasteiger partial charge in [-0.3, -0.25) is 4.79 Å². The summed E-state index contributed by atoms with van der Waals surface area (Å²) < 4.78 is 40.6. The number of aromatic nitrogens is 4. The molecule has 0 unspecified atom stereocenters. The fourth-order valence-electron chi connectivity index (χ4n) is 3.52. The minimum Gasteiger partial charge on any atom is -0.354 e. The van der Waals surface area contributed by atoms with Crippen molar-refractivity contribution >= 4 is 40.1 Å². The van der Waals surface area contributed by atoms with Gasteiger partial charge in [0.05, 0.1) is 10.9 Å². The molecule has 0 bridgehead atoms. The maximum Gasteiger partial charge on any atom is 0.416 e. The molecule has 5 N–H and O–H groups in total. The average Bonchev–Trinajstić information content (AvgIpc) is 3.15. The molecule has 188 valence electrons. The van der Waals surface area contributed by atoms with Crippen LogP contribution < -0.4 is 21.7 Å². The molecule has 12 heteroatoms. The van der Waals surface area contributed by atoms with Crippen LogP contribution in [0.3, 0.4) is 0 Å².